The molecule has 1 N–H and O–H groups in total. The van der Waals surface area contributed by atoms with E-state index in [1.54, 1.807) is 0 Å². The average molecular weight is 343 g/mol. The molecule has 0 saturated carbocycles. The Morgan fingerprint density at radius 3 is 2.45 bits per heavy atom. The van der Waals surface area contributed by atoms with Gasteiger partial charge in [-0.25, -0.2) is 13.6 Å². The summed E-state index contributed by atoms with van der Waals surface area (Å²) in [5.41, 5.74) is 0.385. The summed E-state index contributed by atoms with van der Waals surface area (Å²) in [5.74, 6) is -2.28. The second-order valence-electron chi connectivity index (χ2n) is 3.97. The molecule has 0 spiro atoms. The molecule has 0 aliphatic heterocycles. The third-order valence-electron chi connectivity index (χ3n) is 2.57. The van der Waals surface area contributed by atoms with Crippen LogP contribution in [0.15, 0.2) is 40.9 Å². The lowest BCUT2D eigenvalue weighted by Gasteiger charge is -2.10. The van der Waals surface area contributed by atoms with Gasteiger partial charge in [-0.05, 0) is 30.3 Å². The van der Waals surface area contributed by atoms with Crippen LogP contribution in [-0.2, 0) is 6.61 Å². The van der Waals surface area contributed by atoms with Crippen molar-refractivity contribution in [2.45, 2.75) is 6.61 Å². The molecule has 0 bridgehead atoms. The molecule has 0 radical (unpaired) electrons. The van der Waals surface area contributed by atoms with E-state index in [0.717, 1.165) is 12.1 Å². The highest BCUT2D eigenvalue weighted by molar-refractivity contribution is 9.10. The molecule has 20 heavy (non-hydrogen) atoms. The summed E-state index contributed by atoms with van der Waals surface area (Å²) in [6, 6.07) is 7.31. The van der Waals surface area contributed by atoms with Crippen molar-refractivity contribution in [1.82, 2.24) is 0 Å². The van der Waals surface area contributed by atoms with Crippen LogP contribution >= 0.6 is 15.9 Å². The van der Waals surface area contributed by atoms with E-state index >= 15 is 0 Å². The van der Waals surface area contributed by atoms with E-state index in [4.69, 9.17) is 9.84 Å². The monoisotopic (exact) mass is 342 g/mol. The molecule has 104 valence electrons. The van der Waals surface area contributed by atoms with Crippen LogP contribution in [0.3, 0.4) is 0 Å². The van der Waals surface area contributed by atoms with E-state index in [2.05, 4.69) is 15.9 Å². The first-order valence-electron chi connectivity index (χ1n) is 5.57. The minimum absolute atomic E-state index is 0.0345. The third kappa shape index (κ3) is 3.33. The SMILES string of the molecule is O=C(O)c1cc(F)ccc1OCc1ccc(F)cc1Br. The fourth-order valence-corrected chi connectivity index (χ4v) is 2.05. The normalized spacial score (nSPS) is 10.3. The van der Waals surface area contributed by atoms with Crippen molar-refractivity contribution in [3.8, 4) is 5.75 Å². The molecule has 0 atom stereocenters. The zero-order chi connectivity index (χ0) is 14.7. The number of hydrogen-bond acceptors (Lipinski definition) is 2. The van der Waals surface area contributed by atoms with Crippen LogP contribution in [0.5, 0.6) is 5.75 Å². The summed E-state index contributed by atoms with van der Waals surface area (Å²) in [6.45, 7) is 0.0345. The van der Waals surface area contributed by atoms with Crippen molar-refractivity contribution in [1.29, 1.82) is 0 Å². The van der Waals surface area contributed by atoms with Gasteiger partial charge in [0.15, 0.2) is 0 Å². The first-order valence-corrected chi connectivity index (χ1v) is 6.36. The smallest absolute Gasteiger partial charge is 0.339 e. The second kappa shape index (κ2) is 6.00. The number of hydrogen-bond donors (Lipinski definition) is 1. The van der Waals surface area contributed by atoms with Crippen LogP contribution in [0.4, 0.5) is 8.78 Å². The molecule has 2 aromatic carbocycles. The number of ether oxygens (including phenoxy) is 1. The largest absolute Gasteiger partial charge is 0.488 e. The van der Waals surface area contributed by atoms with Gasteiger partial charge in [0.1, 0.15) is 29.6 Å². The summed E-state index contributed by atoms with van der Waals surface area (Å²) in [7, 11) is 0. The average Bonchev–Trinajstić information content (AvgIpc) is 2.38. The number of halogens is 3. The van der Waals surface area contributed by atoms with Crippen LogP contribution in [-0.4, -0.2) is 11.1 Å². The van der Waals surface area contributed by atoms with E-state index < -0.39 is 17.6 Å². The highest BCUT2D eigenvalue weighted by Gasteiger charge is 2.13. The first kappa shape index (κ1) is 14.5. The molecule has 2 aromatic rings. The Morgan fingerprint density at radius 1 is 1.15 bits per heavy atom. The number of rotatable bonds is 4. The lowest BCUT2D eigenvalue weighted by atomic mass is 10.2. The Morgan fingerprint density at radius 2 is 1.80 bits per heavy atom. The summed E-state index contributed by atoms with van der Waals surface area (Å²) in [4.78, 5) is 11.0. The summed E-state index contributed by atoms with van der Waals surface area (Å²) >= 11 is 3.18. The topological polar surface area (TPSA) is 46.5 Å². The van der Waals surface area contributed by atoms with Crippen molar-refractivity contribution < 1.29 is 23.4 Å². The summed E-state index contributed by atoms with van der Waals surface area (Å²) in [5, 5.41) is 8.97. The molecule has 0 aliphatic rings. The standard InChI is InChI=1S/C14H9BrF2O3/c15-12-6-10(17)2-1-8(12)7-20-13-4-3-9(16)5-11(13)14(18)19/h1-6H,7H2,(H,18,19). The zero-order valence-electron chi connectivity index (χ0n) is 10.1. The molecule has 0 amide bonds. The molecule has 0 heterocycles. The number of carboxylic acids is 1. The van der Waals surface area contributed by atoms with E-state index in [9.17, 15) is 13.6 Å². The lowest BCUT2D eigenvalue weighted by Crippen LogP contribution is -2.04. The molecule has 0 fully saturated rings. The maximum Gasteiger partial charge on any atom is 0.339 e. The molecule has 0 aliphatic carbocycles. The van der Waals surface area contributed by atoms with Crippen molar-refractivity contribution >= 4 is 21.9 Å². The van der Waals surface area contributed by atoms with Gasteiger partial charge >= 0.3 is 5.97 Å². The van der Waals surface area contributed by atoms with Crippen LogP contribution < -0.4 is 4.74 Å². The number of benzene rings is 2. The number of carboxylic acid groups (broad SMARTS) is 1. The van der Waals surface area contributed by atoms with Gasteiger partial charge in [0, 0.05) is 10.0 Å². The van der Waals surface area contributed by atoms with Crippen LogP contribution in [0.25, 0.3) is 0 Å². The quantitative estimate of drug-likeness (QED) is 0.913. The first-order chi connectivity index (χ1) is 9.47. The fraction of sp³-hybridized carbons (Fsp3) is 0.0714. The van der Waals surface area contributed by atoms with Crippen molar-refractivity contribution in [3.05, 3.63) is 63.6 Å². The summed E-state index contributed by atoms with van der Waals surface area (Å²) in [6.07, 6.45) is 0. The van der Waals surface area contributed by atoms with Gasteiger partial charge in [0.05, 0.1) is 0 Å². The van der Waals surface area contributed by atoms with Gasteiger partial charge in [-0.1, -0.05) is 22.0 Å². The highest BCUT2D eigenvalue weighted by Crippen LogP contribution is 2.23. The fourth-order valence-electron chi connectivity index (χ4n) is 1.59. The molecular formula is C14H9BrF2O3. The van der Waals surface area contributed by atoms with E-state index in [-0.39, 0.29) is 17.9 Å². The van der Waals surface area contributed by atoms with Crippen molar-refractivity contribution in [2.75, 3.05) is 0 Å². The van der Waals surface area contributed by atoms with Gasteiger partial charge in [-0.2, -0.15) is 0 Å². The Labute approximate surface area is 121 Å². The predicted molar refractivity (Wildman–Crippen MR) is 71.8 cm³/mol. The van der Waals surface area contributed by atoms with Gasteiger partial charge < -0.3 is 9.84 Å². The van der Waals surface area contributed by atoms with Crippen molar-refractivity contribution in [2.24, 2.45) is 0 Å². The number of aromatic carboxylic acids is 1. The molecule has 2 rings (SSSR count). The molecule has 0 saturated heterocycles. The van der Waals surface area contributed by atoms with Crippen LogP contribution in [0.2, 0.25) is 0 Å². The maximum atomic E-state index is 13.0. The Bertz CT molecular complexity index is 659. The molecule has 6 heteroatoms. The molecule has 0 aromatic heterocycles. The number of carbonyl (C=O) groups is 1. The summed E-state index contributed by atoms with van der Waals surface area (Å²) < 4.78 is 31.8. The highest BCUT2D eigenvalue weighted by atomic mass is 79.9. The van der Waals surface area contributed by atoms with Gasteiger partial charge in [0.25, 0.3) is 0 Å². The van der Waals surface area contributed by atoms with Gasteiger partial charge in [-0.15, -0.1) is 0 Å². The Hall–Kier alpha value is -1.95. The van der Waals surface area contributed by atoms with Gasteiger partial charge in [-0.3, -0.25) is 0 Å². The molecule has 0 unspecified atom stereocenters. The Balaban J connectivity index is 2.20. The third-order valence-corrected chi connectivity index (χ3v) is 3.31. The minimum atomic E-state index is -1.28. The van der Waals surface area contributed by atoms with Crippen LogP contribution in [0, 0.1) is 11.6 Å². The zero-order valence-corrected chi connectivity index (χ0v) is 11.7. The van der Waals surface area contributed by atoms with E-state index in [0.29, 0.717) is 10.0 Å². The van der Waals surface area contributed by atoms with Crippen LogP contribution in [0.1, 0.15) is 15.9 Å². The minimum Gasteiger partial charge on any atom is -0.488 e. The van der Waals surface area contributed by atoms with E-state index in [1.807, 2.05) is 0 Å². The predicted octanol–water partition coefficient (Wildman–Crippen LogP) is 4.00. The van der Waals surface area contributed by atoms with Gasteiger partial charge in [0.2, 0.25) is 0 Å². The molecular weight excluding hydrogens is 334 g/mol. The Kier molecular flexibility index (Phi) is 4.34. The maximum absolute atomic E-state index is 13.0. The lowest BCUT2D eigenvalue weighted by molar-refractivity contribution is 0.0691. The molecule has 3 nitrogen and oxygen atoms in total. The van der Waals surface area contributed by atoms with Crippen molar-refractivity contribution in [3.63, 3.8) is 0 Å². The second-order valence-corrected chi connectivity index (χ2v) is 4.82. The van der Waals surface area contributed by atoms with E-state index in [1.165, 1.54) is 24.3 Å².